The van der Waals surface area contributed by atoms with E-state index in [1.807, 2.05) is 62.6 Å². The Morgan fingerprint density at radius 3 is 1.85 bits per heavy atom. The van der Waals surface area contributed by atoms with Crippen molar-refractivity contribution in [3.05, 3.63) is 106 Å². The maximum atomic E-state index is 13.7. The van der Waals surface area contributed by atoms with Crippen LogP contribution in [-0.4, -0.2) is 56.5 Å². The van der Waals surface area contributed by atoms with E-state index in [1.165, 1.54) is 48.8 Å². The predicted octanol–water partition coefficient (Wildman–Crippen LogP) is 8.01. The summed E-state index contributed by atoms with van der Waals surface area (Å²) in [5.74, 6) is 0.551. The molecular formula is C44H52N6O3. The highest BCUT2D eigenvalue weighted by atomic mass is 16.3. The number of hydrogen-bond donors (Lipinski definition) is 4. The monoisotopic (exact) mass is 712 g/mol. The topological polar surface area (TPSA) is 119 Å². The molecular weight excluding hydrogens is 661 g/mol. The van der Waals surface area contributed by atoms with E-state index in [9.17, 15) is 14.7 Å². The summed E-state index contributed by atoms with van der Waals surface area (Å²) in [6.45, 7) is 9.07. The quantitative estimate of drug-likeness (QED) is 0.118. The lowest BCUT2D eigenvalue weighted by molar-refractivity contribution is 0.0619. The van der Waals surface area contributed by atoms with Crippen molar-refractivity contribution in [3.8, 4) is 11.1 Å². The van der Waals surface area contributed by atoms with Crippen LogP contribution < -0.4 is 16.0 Å². The molecule has 0 unspecified atom stereocenters. The van der Waals surface area contributed by atoms with Crippen LogP contribution >= 0.6 is 0 Å². The molecule has 0 spiro atoms. The summed E-state index contributed by atoms with van der Waals surface area (Å²) in [7, 11) is 0. The van der Waals surface area contributed by atoms with Gasteiger partial charge < -0.3 is 21.1 Å². The van der Waals surface area contributed by atoms with Crippen LogP contribution in [0.5, 0.6) is 0 Å². The number of carbonyl (C=O) groups excluding carboxylic acids is 2. The van der Waals surface area contributed by atoms with E-state index in [4.69, 9.17) is 0 Å². The fourth-order valence-electron chi connectivity index (χ4n) is 8.19. The van der Waals surface area contributed by atoms with Crippen molar-refractivity contribution >= 4 is 23.2 Å². The van der Waals surface area contributed by atoms with Crippen molar-refractivity contribution < 1.29 is 14.7 Å². The standard InChI is InChI=1S/C44H52N6O3/c1-26-8-4-5-17-50(26)25-32-24-47-42(21-38(32)30-15-16-30)44(53)49-40-12-7-10-36(28(40)3)35-9-6-11-39(27(35)2)48-43(52)41-20-37(29-13-14-29)31(23-46-41)22-45-33-18-34(51)19-33/h6-7,9-12,20-21,23-24,26,29-30,33-34,45,51H,4-5,8,13-19,22,25H2,1-3H3,(H,48,52)(H,49,53)/t26-,33-,34+/m1/s1. The van der Waals surface area contributed by atoms with E-state index in [-0.39, 0.29) is 17.9 Å². The first-order valence-corrected chi connectivity index (χ1v) is 19.7. The van der Waals surface area contributed by atoms with Crippen LogP contribution in [0.15, 0.2) is 60.9 Å². The van der Waals surface area contributed by atoms with Gasteiger partial charge in [0.2, 0.25) is 0 Å². The minimum absolute atomic E-state index is 0.195. The Morgan fingerprint density at radius 2 is 1.32 bits per heavy atom. The highest BCUT2D eigenvalue weighted by Crippen LogP contribution is 2.43. The van der Waals surface area contributed by atoms with Gasteiger partial charge in [0.25, 0.3) is 11.8 Å². The Labute approximate surface area is 313 Å². The molecule has 3 aliphatic carbocycles. The normalized spacial score (nSPS) is 21.5. The first-order chi connectivity index (χ1) is 25.7. The van der Waals surface area contributed by atoms with Crippen LogP contribution in [0.4, 0.5) is 11.4 Å². The van der Waals surface area contributed by atoms with Gasteiger partial charge in [0.15, 0.2) is 0 Å². The number of benzene rings is 2. The van der Waals surface area contributed by atoms with Crippen molar-refractivity contribution in [2.45, 2.75) is 122 Å². The second-order valence-electron chi connectivity index (χ2n) is 16.0. The number of nitrogens with zero attached hydrogens (tertiary/aromatic N) is 3. The molecule has 2 aromatic carbocycles. The molecule has 9 nitrogen and oxygen atoms in total. The number of anilines is 2. The molecule has 4 N–H and O–H groups in total. The Bertz CT molecular complexity index is 2010. The fraction of sp³-hybridized carbons (Fsp3) is 0.455. The third kappa shape index (κ3) is 7.93. The molecule has 4 fully saturated rings. The first kappa shape index (κ1) is 35.6. The molecule has 1 saturated heterocycles. The zero-order chi connectivity index (χ0) is 36.6. The molecule has 8 rings (SSSR count). The minimum atomic E-state index is -0.235. The number of pyridine rings is 2. The SMILES string of the molecule is Cc1c(NC(=O)c2cc(C3CC3)c(CN[C@H]3C[C@@H](O)C3)cn2)cccc1-c1cccc(NC(=O)c2cc(C3CC3)c(CN3CCCC[C@H]3C)cn2)c1C. The number of rotatable bonds is 12. The fourth-order valence-corrected chi connectivity index (χ4v) is 8.19. The van der Waals surface area contributed by atoms with Gasteiger partial charge in [-0.3, -0.25) is 24.5 Å². The number of hydrogen-bond acceptors (Lipinski definition) is 7. The van der Waals surface area contributed by atoms with Gasteiger partial charge in [0.1, 0.15) is 11.4 Å². The lowest BCUT2D eigenvalue weighted by Gasteiger charge is -2.33. The van der Waals surface area contributed by atoms with Crippen molar-refractivity contribution in [1.29, 1.82) is 0 Å². The summed E-state index contributed by atoms with van der Waals surface area (Å²) in [5.41, 5.74) is 11.0. The zero-order valence-corrected chi connectivity index (χ0v) is 31.3. The summed E-state index contributed by atoms with van der Waals surface area (Å²) in [6, 6.07) is 16.8. The molecule has 2 amide bonds. The molecule has 4 aliphatic rings. The average Bonchev–Trinajstić information content (AvgIpc) is 4.08. The number of likely N-dealkylation sites (tertiary alicyclic amines) is 1. The number of amides is 2. The molecule has 2 aromatic heterocycles. The third-order valence-corrected chi connectivity index (χ3v) is 12.0. The summed E-state index contributed by atoms with van der Waals surface area (Å²) in [5, 5.41) is 19.5. The molecule has 276 valence electrons. The maximum Gasteiger partial charge on any atom is 0.274 e. The van der Waals surface area contributed by atoms with Gasteiger partial charge in [-0.1, -0.05) is 30.7 Å². The minimum Gasteiger partial charge on any atom is -0.393 e. The second-order valence-corrected chi connectivity index (χ2v) is 16.0. The van der Waals surface area contributed by atoms with E-state index < -0.39 is 0 Å². The smallest absolute Gasteiger partial charge is 0.274 e. The molecule has 0 radical (unpaired) electrons. The van der Waals surface area contributed by atoms with Crippen LogP contribution in [0.1, 0.15) is 131 Å². The van der Waals surface area contributed by atoms with E-state index in [0.29, 0.717) is 41.9 Å². The van der Waals surface area contributed by atoms with Crippen molar-refractivity contribution in [3.63, 3.8) is 0 Å². The molecule has 0 bridgehead atoms. The largest absolute Gasteiger partial charge is 0.393 e. The summed E-state index contributed by atoms with van der Waals surface area (Å²) in [6.07, 6.45) is 13.5. The van der Waals surface area contributed by atoms with Gasteiger partial charge in [-0.2, -0.15) is 0 Å². The molecule has 3 heterocycles. The number of carbonyl (C=O) groups is 2. The van der Waals surface area contributed by atoms with Crippen LogP contribution in [0.3, 0.4) is 0 Å². The Balaban J connectivity index is 0.969. The predicted molar refractivity (Wildman–Crippen MR) is 209 cm³/mol. The Morgan fingerprint density at radius 1 is 0.774 bits per heavy atom. The van der Waals surface area contributed by atoms with Crippen molar-refractivity contribution in [1.82, 2.24) is 20.2 Å². The van der Waals surface area contributed by atoms with Crippen LogP contribution in [0.25, 0.3) is 11.1 Å². The molecule has 4 aromatic rings. The van der Waals surface area contributed by atoms with E-state index in [2.05, 4.69) is 49.9 Å². The van der Waals surface area contributed by atoms with Crippen molar-refractivity contribution in [2.24, 2.45) is 0 Å². The van der Waals surface area contributed by atoms with Crippen LogP contribution in [0, 0.1) is 13.8 Å². The van der Waals surface area contributed by atoms with E-state index in [0.717, 1.165) is 78.0 Å². The second kappa shape index (κ2) is 15.1. The van der Waals surface area contributed by atoms with E-state index >= 15 is 0 Å². The highest BCUT2D eigenvalue weighted by molar-refractivity contribution is 6.05. The number of aliphatic hydroxyl groups excluding tert-OH is 1. The van der Waals surface area contributed by atoms with Gasteiger partial charge in [0.05, 0.1) is 6.10 Å². The van der Waals surface area contributed by atoms with Crippen LogP contribution in [0.2, 0.25) is 0 Å². The summed E-state index contributed by atoms with van der Waals surface area (Å²) < 4.78 is 0. The molecule has 53 heavy (non-hydrogen) atoms. The number of nitrogens with one attached hydrogen (secondary N) is 3. The van der Waals surface area contributed by atoms with Gasteiger partial charge >= 0.3 is 0 Å². The number of aromatic nitrogens is 2. The Hall–Kier alpha value is -4.44. The number of aliphatic hydroxyl groups is 1. The van der Waals surface area contributed by atoms with Gasteiger partial charge in [-0.15, -0.1) is 0 Å². The average molecular weight is 713 g/mol. The summed E-state index contributed by atoms with van der Waals surface area (Å²) in [4.78, 5) is 39.1. The lowest BCUT2D eigenvalue weighted by atomic mass is 9.89. The van der Waals surface area contributed by atoms with Gasteiger partial charge in [-0.25, -0.2) is 0 Å². The first-order valence-electron chi connectivity index (χ1n) is 19.7. The number of piperidine rings is 1. The molecule has 1 atom stereocenters. The van der Waals surface area contributed by atoms with Crippen molar-refractivity contribution in [2.75, 3.05) is 17.2 Å². The molecule has 3 saturated carbocycles. The third-order valence-electron chi connectivity index (χ3n) is 12.0. The van der Waals surface area contributed by atoms with Crippen LogP contribution in [-0.2, 0) is 13.1 Å². The Kier molecular flexibility index (Phi) is 10.2. The maximum absolute atomic E-state index is 13.7. The zero-order valence-electron chi connectivity index (χ0n) is 31.3. The van der Waals surface area contributed by atoms with Gasteiger partial charge in [0, 0.05) is 48.9 Å². The highest BCUT2D eigenvalue weighted by Gasteiger charge is 2.31. The lowest BCUT2D eigenvalue weighted by Crippen LogP contribution is -2.43. The molecule has 9 heteroatoms. The molecule has 1 aliphatic heterocycles. The van der Waals surface area contributed by atoms with E-state index in [1.54, 1.807) is 0 Å². The van der Waals surface area contributed by atoms with Gasteiger partial charge in [-0.05, 0) is 159 Å². The summed E-state index contributed by atoms with van der Waals surface area (Å²) >= 11 is 0.